The van der Waals surface area contributed by atoms with Gasteiger partial charge in [-0.3, -0.25) is 4.79 Å². The molecule has 1 atom stereocenters. The summed E-state index contributed by atoms with van der Waals surface area (Å²) in [5, 5.41) is 3.19. The van der Waals surface area contributed by atoms with Crippen molar-refractivity contribution in [3.05, 3.63) is 41.6 Å². The molecule has 5 nitrogen and oxygen atoms in total. The van der Waals surface area contributed by atoms with Gasteiger partial charge in [0.1, 0.15) is 5.82 Å². The first-order valence-electron chi connectivity index (χ1n) is 7.54. The molecule has 2 rings (SSSR count). The fourth-order valence-corrected chi connectivity index (χ4v) is 3.01. The number of carbonyl (C=O) groups is 1. The second-order valence-electron chi connectivity index (χ2n) is 5.71. The molecule has 1 amide bonds. The largest absolute Gasteiger partial charge is 0.384 e. The Kier molecular flexibility index (Phi) is 5.60. The minimum Gasteiger partial charge on any atom is -0.384 e. The summed E-state index contributed by atoms with van der Waals surface area (Å²) in [5.74, 6) is 0.680. The van der Waals surface area contributed by atoms with E-state index < -0.39 is 0 Å². The van der Waals surface area contributed by atoms with E-state index in [-0.39, 0.29) is 11.2 Å². The molecule has 1 heterocycles. The number of aromatic nitrogens is 2. The van der Waals surface area contributed by atoms with Gasteiger partial charge in [0.25, 0.3) is 0 Å². The first kappa shape index (κ1) is 17.3. The number of thioether (sulfide) groups is 1. The van der Waals surface area contributed by atoms with Gasteiger partial charge in [0, 0.05) is 17.4 Å². The maximum Gasteiger partial charge on any atom is 0.237 e. The second-order valence-corrected chi connectivity index (χ2v) is 7.02. The number of hydrogen-bond acceptors (Lipinski definition) is 5. The summed E-state index contributed by atoms with van der Waals surface area (Å²) in [6.45, 7) is 7.89. The molecule has 1 aromatic carbocycles. The van der Waals surface area contributed by atoms with E-state index in [9.17, 15) is 4.79 Å². The van der Waals surface area contributed by atoms with E-state index in [0.29, 0.717) is 16.9 Å². The van der Waals surface area contributed by atoms with Gasteiger partial charge in [-0.15, -0.1) is 0 Å². The highest BCUT2D eigenvalue weighted by Crippen LogP contribution is 2.26. The van der Waals surface area contributed by atoms with Crippen molar-refractivity contribution >= 4 is 29.2 Å². The van der Waals surface area contributed by atoms with Crippen molar-refractivity contribution in [2.45, 2.75) is 44.0 Å². The third kappa shape index (κ3) is 4.69. The molecule has 0 aliphatic rings. The third-order valence-electron chi connectivity index (χ3n) is 3.35. The molecule has 0 saturated carbocycles. The molecule has 122 valence electrons. The average molecular weight is 330 g/mol. The summed E-state index contributed by atoms with van der Waals surface area (Å²) >= 11 is 1.30. The molecular weight excluding hydrogens is 308 g/mol. The molecule has 2 aromatic rings. The molecule has 1 aromatic heterocycles. The van der Waals surface area contributed by atoms with Gasteiger partial charge < -0.3 is 11.1 Å². The van der Waals surface area contributed by atoms with Crippen LogP contribution in [0.4, 0.5) is 11.5 Å². The Bertz CT molecular complexity index is 682. The number of amides is 1. The number of benzene rings is 1. The molecule has 0 bridgehead atoms. The first-order chi connectivity index (χ1) is 10.9. The van der Waals surface area contributed by atoms with Crippen LogP contribution in [0.5, 0.6) is 0 Å². The highest BCUT2D eigenvalue weighted by Gasteiger charge is 2.18. The maximum atomic E-state index is 12.4. The van der Waals surface area contributed by atoms with Gasteiger partial charge in [-0.25, -0.2) is 9.97 Å². The molecule has 23 heavy (non-hydrogen) atoms. The molecule has 0 saturated heterocycles. The summed E-state index contributed by atoms with van der Waals surface area (Å²) < 4.78 is 0. The van der Waals surface area contributed by atoms with Crippen molar-refractivity contribution < 1.29 is 4.79 Å². The number of carbonyl (C=O) groups excluding carboxylic acids is 1. The Morgan fingerprint density at radius 1 is 1.22 bits per heavy atom. The summed E-state index contributed by atoms with van der Waals surface area (Å²) in [4.78, 5) is 20.9. The van der Waals surface area contributed by atoms with Gasteiger partial charge in [0.2, 0.25) is 5.91 Å². The fraction of sp³-hybridized carbons (Fsp3) is 0.353. The summed E-state index contributed by atoms with van der Waals surface area (Å²) in [5.41, 5.74) is 8.48. The summed E-state index contributed by atoms with van der Waals surface area (Å²) in [6.07, 6.45) is 0. The fourth-order valence-electron chi connectivity index (χ4n) is 2.18. The number of nitrogens with one attached hydrogen (secondary N) is 1. The Morgan fingerprint density at radius 2 is 1.91 bits per heavy atom. The van der Waals surface area contributed by atoms with E-state index in [2.05, 4.69) is 29.1 Å². The van der Waals surface area contributed by atoms with Crippen LogP contribution in [0.2, 0.25) is 0 Å². The van der Waals surface area contributed by atoms with Gasteiger partial charge >= 0.3 is 0 Å². The van der Waals surface area contributed by atoms with Crippen LogP contribution in [0.15, 0.2) is 35.5 Å². The van der Waals surface area contributed by atoms with Crippen molar-refractivity contribution in [2.24, 2.45) is 0 Å². The van der Waals surface area contributed by atoms with Crippen molar-refractivity contribution in [3.8, 4) is 0 Å². The predicted octanol–water partition coefficient (Wildman–Crippen LogP) is 3.61. The highest BCUT2D eigenvalue weighted by molar-refractivity contribution is 8.00. The number of anilines is 2. The minimum absolute atomic E-state index is 0.0771. The molecule has 0 aliphatic heterocycles. The van der Waals surface area contributed by atoms with Crippen molar-refractivity contribution in [1.29, 1.82) is 0 Å². The van der Waals surface area contributed by atoms with Crippen LogP contribution in [0.25, 0.3) is 0 Å². The first-order valence-corrected chi connectivity index (χ1v) is 8.42. The van der Waals surface area contributed by atoms with Crippen molar-refractivity contribution in [1.82, 2.24) is 9.97 Å². The number of rotatable bonds is 5. The lowest BCUT2D eigenvalue weighted by molar-refractivity contribution is -0.115. The summed E-state index contributed by atoms with van der Waals surface area (Å²) in [6, 6.07) is 9.55. The van der Waals surface area contributed by atoms with Crippen LogP contribution < -0.4 is 11.1 Å². The van der Waals surface area contributed by atoms with Crippen LogP contribution in [-0.4, -0.2) is 21.1 Å². The second kappa shape index (κ2) is 7.46. The van der Waals surface area contributed by atoms with Crippen LogP contribution in [-0.2, 0) is 4.79 Å². The number of aryl methyl sites for hydroxylation is 1. The van der Waals surface area contributed by atoms with Crippen LogP contribution >= 0.6 is 11.8 Å². The monoisotopic (exact) mass is 330 g/mol. The molecule has 6 heteroatoms. The molecule has 0 fully saturated rings. The number of para-hydroxylation sites is 1. The standard InChI is InChI=1S/C17H22N4OS/c1-10(2)13-7-5-6-8-14(13)20-16(22)12(4)23-17-19-11(3)9-15(18)21-17/h5-10,12H,1-4H3,(H,20,22)(H2,18,19,21)/t12-/m1/s1. The van der Waals surface area contributed by atoms with Crippen LogP contribution in [0.1, 0.15) is 37.9 Å². The number of hydrogen-bond donors (Lipinski definition) is 2. The van der Waals surface area contributed by atoms with Gasteiger partial charge in [-0.1, -0.05) is 43.8 Å². The van der Waals surface area contributed by atoms with E-state index >= 15 is 0 Å². The smallest absolute Gasteiger partial charge is 0.237 e. The molecule has 0 unspecified atom stereocenters. The number of nitrogens with zero attached hydrogens (tertiary/aromatic N) is 2. The Hall–Kier alpha value is -2.08. The Balaban J connectivity index is 2.08. The van der Waals surface area contributed by atoms with Crippen LogP contribution in [0.3, 0.4) is 0 Å². The van der Waals surface area contributed by atoms with Crippen molar-refractivity contribution in [2.75, 3.05) is 11.1 Å². The SMILES string of the molecule is Cc1cc(N)nc(S[C@H](C)C(=O)Nc2ccccc2C(C)C)n1. The normalized spacial score (nSPS) is 12.2. The number of nitrogen functional groups attached to an aromatic ring is 1. The topological polar surface area (TPSA) is 80.9 Å². The minimum atomic E-state index is -0.323. The lowest BCUT2D eigenvalue weighted by Crippen LogP contribution is -2.23. The molecular formula is C17H22N4OS. The van der Waals surface area contributed by atoms with Crippen molar-refractivity contribution in [3.63, 3.8) is 0 Å². The van der Waals surface area contributed by atoms with Gasteiger partial charge in [0.15, 0.2) is 5.16 Å². The quantitative estimate of drug-likeness (QED) is 0.646. The zero-order valence-electron chi connectivity index (χ0n) is 13.8. The lowest BCUT2D eigenvalue weighted by atomic mass is 10.0. The molecule has 3 N–H and O–H groups in total. The van der Waals surface area contributed by atoms with Gasteiger partial charge in [-0.2, -0.15) is 0 Å². The average Bonchev–Trinajstić information content (AvgIpc) is 2.46. The van der Waals surface area contributed by atoms with E-state index in [1.165, 1.54) is 11.8 Å². The third-order valence-corrected chi connectivity index (χ3v) is 4.31. The lowest BCUT2D eigenvalue weighted by Gasteiger charge is -2.16. The maximum absolute atomic E-state index is 12.4. The van der Waals surface area contributed by atoms with E-state index in [1.54, 1.807) is 6.07 Å². The Morgan fingerprint density at radius 3 is 2.57 bits per heavy atom. The summed E-state index contributed by atoms with van der Waals surface area (Å²) in [7, 11) is 0. The van der Waals surface area contributed by atoms with E-state index in [0.717, 1.165) is 16.9 Å². The Labute approximate surface area is 141 Å². The van der Waals surface area contributed by atoms with E-state index in [1.807, 2.05) is 38.1 Å². The molecule has 0 aliphatic carbocycles. The molecule has 0 radical (unpaired) electrons. The molecule has 0 spiro atoms. The zero-order valence-corrected chi connectivity index (χ0v) is 14.6. The zero-order chi connectivity index (χ0) is 17.0. The highest BCUT2D eigenvalue weighted by atomic mass is 32.2. The van der Waals surface area contributed by atoms with Gasteiger partial charge in [-0.05, 0) is 31.4 Å². The van der Waals surface area contributed by atoms with E-state index in [4.69, 9.17) is 5.73 Å². The number of nitrogens with two attached hydrogens (primary N) is 1. The predicted molar refractivity (Wildman–Crippen MR) is 95.7 cm³/mol. The van der Waals surface area contributed by atoms with Crippen LogP contribution in [0, 0.1) is 6.92 Å². The van der Waals surface area contributed by atoms with Gasteiger partial charge in [0.05, 0.1) is 5.25 Å².